The molecule has 0 spiro atoms. The molecule has 12 heavy (non-hydrogen) atoms. The molecule has 0 aromatic carbocycles. The average Bonchev–Trinajstić information content (AvgIpc) is 2.56. The minimum Gasteiger partial charge on any atom is -0.469 e. The molecule has 0 unspecified atom stereocenters. The number of carbonyl (C=O) groups excluding carboxylic acids is 1. The van der Waals surface area contributed by atoms with Crippen molar-refractivity contribution >= 4 is 5.97 Å². The smallest absolute Gasteiger partial charge is 0.307 e. The second kappa shape index (κ2) is 3.87. The first-order chi connectivity index (χ1) is 5.74. The summed E-state index contributed by atoms with van der Waals surface area (Å²) >= 11 is 0. The van der Waals surface area contributed by atoms with Crippen LogP contribution < -0.4 is 5.73 Å². The van der Waals surface area contributed by atoms with Crippen molar-refractivity contribution in [3.63, 3.8) is 0 Å². The average molecular weight is 169 g/mol. The molecule has 66 valence electrons. The third-order valence-corrected chi connectivity index (χ3v) is 1.48. The number of nitrogens with one attached hydrogen (secondary N) is 1. The van der Waals surface area contributed by atoms with Gasteiger partial charge in [0.1, 0.15) is 5.82 Å². The minimum absolute atomic E-state index is 0.143. The zero-order chi connectivity index (χ0) is 8.97. The van der Waals surface area contributed by atoms with Gasteiger partial charge in [-0.05, 0) is 0 Å². The number of H-pyrrole nitrogens is 1. The van der Waals surface area contributed by atoms with Crippen molar-refractivity contribution in [1.29, 1.82) is 0 Å². The number of rotatable bonds is 3. The molecule has 0 fully saturated rings. The molecule has 5 nitrogen and oxygen atoms in total. The van der Waals surface area contributed by atoms with E-state index in [9.17, 15) is 4.79 Å². The topological polar surface area (TPSA) is 81.0 Å². The van der Waals surface area contributed by atoms with Crippen LogP contribution in [-0.2, 0) is 9.53 Å². The van der Waals surface area contributed by atoms with Gasteiger partial charge in [0.2, 0.25) is 0 Å². The number of imidazole rings is 1. The van der Waals surface area contributed by atoms with Gasteiger partial charge in [-0.2, -0.15) is 0 Å². The first-order valence-electron chi connectivity index (χ1n) is 3.55. The maximum atomic E-state index is 10.8. The van der Waals surface area contributed by atoms with E-state index >= 15 is 0 Å². The predicted octanol–water partition coefficient (Wildman–Crippen LogP) is -0.0274. The van der Waals surface area contributed by atoms with E-state index in [0.717, 1.165) is 0 Å². The maximum absolute atomic E-state index is 10.8. The third kappa shape index (κ3) is 2.06. The van der Waals surface area contributed by atoms with Crippen LogP contribution in [0.25, 0.3) is 0 Å². The Labute approximate surface area is 69.9 Å². The van der Waals surface area contributed by atoms with E-state index in [1.807, 2.05) is 0 Å². The molecular formula is C7H11N3O2. The van der Waals surface area contributed by atoms with Gasteiger partial charge in [0.05, 0.1) is 19.6 Å². The zero-order valence-corrected chi connectivity index (χ0v) is 6.78. The third-order valence-electron chi connectivity index (χ3n) is 1.48. The molecule has 0 amide bonds. The molecule has 1 aromatic heterocycles. The molecule has 0 aliphatic rings. The summed E-state index contributed by atoms with van der Waals surface area (Å²) in [5, 5.41) is 0. The molecule has 1 rings (SSSR count). The second-order valence-electron chi connectivity index (χ2n) is 2.36. The van der Waals surface area contributed by atoms with Crippen LogP contribution in [0.2, 0.25) is 0 Å². The Hall–Kier alpha value is -1.36. The molecule has 0 saturated heterocycles. The lowest BCUT2D eigenvalue weighted by atomic mass is 10.2. The molecule has 1 aromatic rings. The summed E-state index contributed by atoms with van der Waals surface area (Å²) in [5.74, 6) is 0.263. The fraction of sp³-hybridized carbons (Fsp3) is 0.429. The first kappa shape index (κ1) is 8.73. The van der Waals surface area contributed by atoms with Crippen molar-refractivity contribution < 1.29 is 9.53 Å². The lowest BCUT2D eigenvalue weighted by molar-refractivity contribution is -0.141. The van der Waals surface area contributed by atoms with Gasteiger partial charge in [-0.1, -0.05) is 0 Å². The summed E-state index contributed by atoms with van der Waals surface area (Å²) in [6.45, 7) is 0. The summed E-state index contributed by atoms with van der Waals surface area (Å²) in [6, 6.07) is -0.410. The van der Waals surface area contributed by atoms with Crippen molar-refractivity contribution in [2.45, 2.75) is 12.5 Å². The van der Waals surface area contributed by atoms with Crippen molar-refractivity contribution in [1.82, 2.24) is 9.97 Å². The largest absolute Gasteiger partial charge is 0.469 e. The lowest BCUT2D eigenvalue weighted by Gasteiger charge is -2.05. The molecule has 0 aliphatic heterocycles. The summed E-state index contributed by atoms with van der Waals surface area (Å²) in [7, 11) is 1.33. The highest BCUT2D eigenvalue weighted by Gasteiger charge is 2.13. The number of aromatic nitrogens is 2. The van der Waals surface area contributed by atoms with Gasteiger partial charge in [-0.15, -0.1) is 0 Å². The van der Waals surface area contributed by atoms with Crippen LogP contribution in [0.1, 0.15) is 18.3 Å². The molecule has 0 saturated carbocycles. The molecule has 0 bridgehead atoms. The number of carbonyl (C=O) groups is 1. The number of hydrogen-bond acceptors (Lipinski definition) is 4. The van der Waals surface area contributed by atoms with E-state index in [4.69, 9.17) is 5.73 Å². The number of aromatic amines is 1. The molecule has 1 heterocycles. The van der Waals surface area contributed by atoms with Crippen LogP contribution in [0.3, 0.4) is 0 Å². The number of esters is 1. The molecule has 3 N–H and O–H groups in total. The second-order valence-corrected chi connectivity index (χ2v) is 2.36. The van der Waals surface area contributed by atoms with Crippen LogP contribution in [-0.4, -0.2) is 23.0 Å². The van der Waals surface area contributed by atoms with Crippen molar-refractivity contribution in [2.75, 3.05) is 7.11 Å². The normalized spacial score (nSPS) is 12.5. The van der Waals surface area contributed by atoms with E-state index in [0.29, 0.717) is 5.82 Å². The van der Waals surface area contributed by atoms with Crippen LogP contribution in [0.15, 0.2) is 12.4 Å². The Kier molecular flexibility index (Phi) is 2.82. The van der Waals surface area contributed by atoms with E-state index in [-0.39, 0.29) is 12.4 Å². The lowest BCUT2D eigenvalue weighted by Crippen LogP contribution is -2.17. The summed E-state index contributed by atoms with van der Waals surface area (Å²) in [5.41, 5.74) is 5.62. The SMILES string of the molecule is COC(=O)C[C@@H](N)c1ncc[nH]1. The van der Waals surface area contributed by atoms with Gasteiger partial charge in [0, 0.05) is 12.4 Å². The highest BCUT2D eigenvalue weighted by molar-refractivity contribution is 5.69. The van der Waals surface area contributed by atoms with Crippen molar-refractivity contribution in [2.24, 2.45) is 5.73 Å². The monoisotopic (exact) mass is 169 g/mol. The molecule has 1 atom stereocenters. The van der Waals surface area contributed by atoms with E-state index in [2.05, 4.69) is 14.7 Å². The number of hydrogen-bond donors (Lipinski definition) is 2. The van der Waals surface area contributed by atoms with Gasteiger partial charge < -0.3 is 15.5 Å². The van der Waals surface area contributed by atoms with Crippen LogP contribution in [0, 0.1) is 0 Å². The molecular weight excluding hydrogens is 158 g/mol. The van der Waals surface area contributed by atoms with Crippen LogP contribution in [0.5, 0.6) is 0 Å². The first-order valence-corrected chi connectivity index (χ1v) is 3.55. The highest BCUT2D eigenvalue weighted by atomic mass is 16.5. The molecule has 5 heteroatoms. The van der Waals surface area contributed by atoms with E-state index < -0.39 is 6.04 Å². The van der Waals surface area contributed by atoms with E-state index in [1.165, 1.54) is 7.11 Å². The van der Waals surface area contributed by atoms with Gasteiger partial charge in [0.25, 0.3) is 0 Å². The molecule has 0 radical (unpaired) electrons. The molecule has 0 aliphatic carbocycles. The van der Waals surface area contributed by atoms with Crippen LogP contribution >= 0.6 is 0 Å². The Morgan fingerprint density at radius 3 is 3.17 bits per heavy atom. The van der Waals surface area contributed by atoms with Gasteiger partial charge in [-0.25, -0.2) is 4.98 Å². The number of nitrogens with two attached hydrogens (primary N) is 1. The summed E-state index contributed by atoms with van der Waals surface area (Å²) in [6.07, 6.45) is 3.39. The van der Waals surface area contributed by atoms with Gasteiger partial charge in [0.15, 0.2) is 0 Å². The van der Waals surface area contributed by atoms with E-state index in [1.54, 1.807) is 12.4 Å². The fourth-order valence-electron chi connectivity index (χ4n) is 0.840. The Morgan fingerprint density at radius 1 is 1.92 bits per heavy atom. The number of methoxy groups -OCH3 is 1. The Balaban J connectivity index is 2.49. The Morgan fingerprint density at radius 2 is 2.67 bits per heavy atom. The standard InChI is InChI=1S/C7H11N3O2/c1-12-6(11)4-5(8)7-9-2-3-10-7/h2-3,5H,4,8H2,1H3,(H,9,10)/t5-/m1/s1. The van der Waals surface area contributed by atoms with Crippen LogP contribution in [0.4, 0.5) is 0 Å². The highest BCUT2D eigenvalue weighted by Crippen LogP contribution is 2.08. The fourth-order valence-corrected chi connectivity index (χ4v) is 0.840. The minimum atomic E-state index is -0.410. The van der Waals surface area contributed by atoms with Gasteiger partial charge in [-0.3, -0.25) is 4.79 Å². The number of ether oxygens (including phenoxy) is 1. The summed E-state index contributed by atoms with van der Waals surface area (Å²) in [4.78, 5) is 17.5. The maximum Gasteiger partial charge on any atom is 0.307 e. The number of nitrogens with zero attached hydrogens (tertiary/aromatic N) is 1. The summed E-state index contributed by atoms with van der Waals surface area (Å²) < 4.78 is 4.46. The zero-order valence-electron chi connectivity index (χ0n) is 6.78. The van der Waals surface area contributed by atoms with Gasteiger partial charge >= 0.3 is 5.97 Å². The quantitative estimate of drug-likeness (QED) is 0.623. The van der Waals surface area contributed by atoms with Crippen molar-refractivity contribution in [3.05, 3.63) is 18.2 Å². The Bertz CT molecular complexity index is 245. The predicted molar refractivity (Wildman–Crippen MR) is 42.1 cm³/mol. The van der Waals surface area contributed by atoms with Crippen molar-refractivity contribution in [3.8, 4) is 0 Å².